The average molecular weight is 353 g/mol. The number of nitrogens with zero attached hydrogens (tertiary/aromatic N) is 3. The maximum absolute atomic E-state index is 11.8. The number of hydrogen-bond donors (Lipinski definition) is 2. The molecule has 7 nitrogen and oxygen atoms in total. The van der Waals surface area contributed by atoms with Crippen LogP contribution in [-0.2, 0) is 11.3 Å². The number of methoxy groups -OCH3 is 1. The number of ether oxygens (including phenoxy) is 1. The number of benzene rings is 1. The van der Waals surface area contributed by atoms with Crippen LogP contribution >= 0.6 is 0 Å². The summed E-state index contributed by atoms with van der Waals surface area (Å²) in [6, 6.07) is 6.22. The Hall–Kier alpha value is -2.67. The first-order valence-corrected chi connectivity index (χ1v) is 8.94. The Labute approximate surface area is 151 Å². The van der Waals surface area contributed by atoms with Gasteiger partial charge < -0.3 is 9.72 Å². The zero-order valence-corrected chi connectivity index (χ0v) is 15.1. The number of aryl methyl sites for hydroxylation is 1. The first-order valence-electron chi connectivity index (χ1n) is 8.94. The van der Waals surface area contributed by atoms with Crippen molar-refractivity contribution in [3.63, 3.8) is 0 Å². The topological polar surface area (TPSA) is 86.9 Å². The maximum atomic E-state index is 11.8. The van der Waals surface area contributed by atoms with E-state index in [-0.39, 0.29) is 5.97 Å². The van der Waals surface area contributed by atoms with Crippen LogP contribution in [0.1, 0.15) is 46.2 Å². The van der Waals surface area contributed by atoms with Crippen LogP contribution in [0.2, 0.25) is 0 Å². The van der Waals surface area contributed by atoms with E-state index in [1.807, 2.05) is 0 Å². The van der Waals surface area contributed by atoms with Crippen molar-refractivity contribution in [1.29, 1.82) is 0 Å². The Morgan fingerprint density at radius 1 is 1.42 bits per heavy atom. The molecule has 1 atom stereocenters. The van der Waals surface area contributed by atoms with Crippen molar-refractivity contribution in [1.82, 2.24) is 25.1 Å². The summed E-state index contributed by atoms with van der Waals surface area (Å²) in [5, 5.41) is 6.74. The molecule has 0 spiro atoms. The normalized spacial score (nSPS) is 18.3. The van der Waals surface area contributed by atoms with Gasteiger partial charge in [-0.05, 0) is 37.9 Å². The van der Waals surface area contributed by atoms with Gasteiger partial charge in [-0.1, -0.05) is 12.1 Å². The van der Waals surface area contributed by atoms with Gasteiger partial charge in [-0.2, -0.15) is 5.10 Å². The van der Waals surface area contributed by atoms with Gasteiger partial charge in [0.25, 0.3) is 0 Å². The summed E-state index contributed by atoms with van der Waals surface area (Å²) in [5.41, 5.74) is 4.66. The third-order valence-electron chi connectivity index (χ3n) is 5.13. The Kier molecular flexibility index (Phi) is 4.46. The lowest BCUT2D eigenvalue weighted by atomic mass is 9.97. The fraction of sp³-hybridized carbons (Fsp3) is 0.421. The molecular weight excluding hydrogens is 330 g/mol. The molecule has 0 bridgehead atoms. The van der Waals surface area contributed by atoms with Crippen LogP contribution < -0.4 is 0 Å². The number of piperidine rings is 1. The number of nitrogens with one attached hydrogen (secondary N) is 2. The number of hydrogen-bond acceptors (Lipinski definition) is 5. The van der Waals surface area contributed by atoms with Gasteiger partial charge in [-0.15, -0.1) is 0 Å². The van der Waals surface area contributed by atoms with Crippen LogP contribution in [0.3, 0.4) is 0 Å². The molecule has 0 amide bonds. The largest absolute Gasteiger partial charge is 0.464 e. The summed E-state index contributed by atoms with van der Waals surface area (Å²) < 4.78 is 4.82. The molecule has 136 valence electrons. The lowest BCUT2D eigenvalue weighted by Crippen LogP contribution is -2.34. The van der Waals surface area contributed by atoms with Gasteiger partial charge in [0, 0.05) is 24.6 Å². The van der Waals surface area contributed by atoms with Crippen molar-refractivity contribution in [3.05, 3.63) is 47.0 Å². The molecule has 0 radical (unpaired) electrons. The van der Waals surface area contributed by atoms with Gasteiger partial charge >= 0.3 is 5.97 Å². The maximum Gasteiger partial charge on any atom is 0.356 e. The minimum Gasteiger partial charge on any atom is -0.464 e. The van der Waals surface area contributed by atoms with Crippen molar-refractivity contribution >= 4 is 17.0 Å². The monoisotopic (exact) mass is 353 g/mol. The number of para-hydroxylation sites is 1. The summed E-state index contributed by atoms with van der Waals surface area (Å²) >= 11 is 0. The standard InChI is InChI=1S/C19H23N5O2/c1-12-5-3-7-15-16(12)22-18(21-15)13-6-4-8-24(10-13)11-14-9-20-23-17(14)19(25)26-2/h3,5,7,9,13H,4,6,8,10-11H2,1-2H3,(H,20,23)(H,21,22). The quantitative estimate of drug-likeness (QED) is 0.704. The highest BCUT2D eigenvalue weighted by atomic mass is 16.5. The van der Waals surface area contributed by atoms with Gasteiger partial charge in [0.15, 0.2) is 0 Å². The van der Waals surface area contributed by atoms with E-state index < -0.39 is 0 Å². The van der Waals surface area contributed by atoms with Crippen LogP contribution in [0.4, 0.5) is 0 Å². The minimum atomic E-state index is -0.376. The number of aromatic amines is 2. The fourth-order valence-corrected chi connectivity index (χ4v) is 3.76. The van der Waals surface area contributed by atoms with Crippen LogP contribution in [0.15, 0.2) is 24.4 Å². The average Bonchev–Trinajstić information content (AvgIpc) is 3.29. The number of carbonyl (C=O) groups excluding carboxylic acids is 1. The Bertz CT molecular complexity index is 929. The van der Waals surface area contributed by atoms with E-state index >= 15 is 0 Å². The smallest absolute Gasteiger partial charge is 0.356 e. The molecule has 7 heteroatoms. The summed E-state index contributed by atoms with van der Waals surface area (Å²) in [5.74, 6) is 1.04. The molecule has 0 aliphatic carbocycles. The van der Waals surface area contributed by atoms with Gasteiger partial charge in [0.05, 0.1) is 24.3 Å². The molecule has 1 unspecified atom stereocenters. The van der Waals surface area contributed by atoms with Crippen LogP contribution in [0.25, 0.3) is 11.0 Å². The SMILES string of the molecule is COC(=O)c1[nH]ncc1CN1CCCC(c2nc3c(C)cccc3[nH]2)C1. The van der Waals surface area contributed by atoms with Gasteiger partial charge in [-0.25, -0.2) is 9.78 Å². The number of imidazole rings is 1. The van der Waals surface area contributed by atoms with Crippen LogP contribution in [-0.4, -0.2) is 51.2 Å². The molecule has 2 aromatic heterocycles. The van der Waals surface area contributed by atoms with Gasteiger partial charge in [0.1, 0.15) is 11.5 Å². The van der Waals surface area contributed by atoms with Crippen molar-refractivity contribution in [2.45, 2.75) is 32.2 Å². The predicted octanol–water partition coefficient (Wildman–Crippen LogP) is 2.76. The minimum absolute atomic E-state index is 0.365. The summed E-state index contributed by atoms with van der Waals surface area (Å²) in [7, 11) is 1.38. The molecule has 1 aliphatic rings. The number of esters is 1. The summed E-state index contributed by atoms with van der Waals surface area (Å²) in [6.45, 7) is 4.68. The number of likely N-dealkylation sites (tertiary alicyclic amines) is 1. The van der Waals surface area contributed by atoms with Crippen molar-refractivity contribution in [2.75, 3.05) is 20.2 Å². The van der Waals surface area contributed by atoms with Crippen molar-refractivity contribution in [3.8, 4) is 0 Å². The number of carbonyl (C=O) groups is 1. The Morgan fingerprint density at radius 3 is 3.12 bits per heavy atom. The van der Waals surface area contributed by atoms with Gasteiger partial charge in [0.2, 0.25) is 0 Å². The molecule has 26 heavy (non-hydrogen) atoms. The van der Waals surface area contributed by atoms with Gasteiger partial charge in [-0.3, -0.25) is 10.00 Å². The number of fused-ring (bicyclic) bond motifs is 1. The fourth-order valence-electron chi connectivity index (χ4n) is 3.76. The second-order valence-electron chi connectivity index (χ2n) is 6.93. The highest BCUT2D eigenvalue weighted by Crippen LogP contribution is 2.28. The van der Waals surface area contributed by atoms with Crippen molar-refractivity contribution in [2.24, 2.45) is 0 Å². The number of H-pyrrole nitrogens is 2. The third-order valence-corrected chi connectivity index (χ3v) is 5.13. The van der Waals surface area contributed by atoms with Crippen molar-refractivity contribution < 1.29 is 9.53 Å². The molecule has 0 saturated carbocycles. The second-order valence-corrected chi connectivity index (χ2v) is 6.93. The first-order chi connectivity index (χ1) is 12.7. The molecule has 1 aromatic carbocycles. The van der Waals surface area contributed by atoms with E-state index in [2.05, 4.69) is 45.2 Å². The Balaban J connectivity index is 1.51. The molecule has 1 aliphatic heterocycles. The highest BCUT2D eigenvalue weighted by Gasteiger charge is 2.26. The van der Waals surface area contributed by atoms with E-state index in [0.717, 1.165) is 48.4 Å². The van der Waals surface area contributed by atoms with E-state index in [4.69, 9.17) is 9.72 Å². The van der Waals surface area contributed by atoms with Crippen LogP contribution in [0.5, 0.6) is 0 Å². The zero-order chi connectivity index (χ0) is 18.1. The molecule has 3 heterocycles. The molecule has 2 N–H and O–H groups in total. The first kappa shape index (κ1) is 16.8. The zero-order valence-electron chi connectivity index (χ0n) is 15.1. The molecule has 1 saturated heterocycles. The lowest BCUT2D eigenvalue weighted by molar-refractivity contribution is 0.0591. The lowest BCUT2D eigenvalue weighted by Gasteiger charge is -2.31. The second kappa shape index (κ2) is 6.92. The molecule has 3 aromatic rings. The van der Waals surface area contributed by atoms with E-state index in [1.54, 1.807) is 6.20 Å². The molecule has 4 rings (SSSR count). The van der Waals surface area contributed by atoms with E-state index in [9.17, 15) is 4.79 Å². The molecular formula is C19H23N5O2. The predicted molar refractivity (Wildman–Crippen MR) is 98.0 cm³/mol. The third kappa shape index (κ3) is 3.10. The Morgan fingerprint density at radius 2 is 2.31 bits per heavy atom. The highest BCUT2D eigenvalue weighted by molar-refractivity contribution is 5.88. The summed E-state index contributed by atoms with van der Waals surface area (Å²) in [4.78, 5) is 22.5. The number of rotatable bonds is 4. The molecule has 1 fully saturated rings. The van der Waals surface area contributed by atoms with E-state index in [0.29, 0.717) is 18.2 Å². The number of aromatic nitrogens is 4. The van der Waals surface area contributed by atoms with Crippen LogP contribution in [0, 0.1) is 6.92 Å². The summed E-state index contributed by atoms with van der Waals surface area (Å²) in [6.07, 6.45) is 3.93. The van der Waals surface area contributed by atoms with E-state index in [1.165, 1.54) is 12.7 Å².